The Bertz CT molecular complexity index is 702. The van der Waals surface area contributed by atoms with Crippen molar-refractivity contribution in [3.05, 3.63) is 69.5 Å². The number of benzene rings is 2. The van der Waals surface area contributed by atoms with E-state index in [0.29, 0.717) is 17.1 Å². The summed E-state index contributed by atoms with van der Waals surface area (Å²) in [6.45, 7) is 0. The minimum absolute atomic E-state index is 0.258. The lowest BCUT2D eigenvalue weighted by molar-refractivity contribution is -0.535. The molecular weight excluding hydrogens is 289 g/mol. The molecule has 114 valence electrons. The number of rotatable bonds is 3. The second kappa shape index (κ2) is 5.63. The Morgan fingerprint density at radius 2 is 2.00 bits per heavy atom. The Labute approximate surface area is 126 Å². The summed E-state index contributed by atoms with van der Waals surface area (Å²) in [6, 6.07) is 9.90. The predicted octanol–water partition coefficient (Wildman–Crippen LogP) is 3.16. The van der Waals surface area contributed by atoms with Crippen LogP contribution in [-0.2, 0) is 6.42 Å². The lowest BCUT2D eigenvalue weighted by Crippen LogP contribution is -2.36. The molecule has 2 atom stereocenters. The summed E-state index contributed by atoms with van der Waals surface area (Å²) in [7, 11) is 1.54. The number of ether oxygens (including phenoxy) is 2. The van der Waals surface area contributed by atoms with E-state index in [1.165, 1.54) is 24.3 Å². The lowest BCUT2D eigenvalue weighted by atomic mass is 9.93. The minimum atomic E-state index is -0.911. The molecule has 0 fully saturated rings. The Kier molecular flexibility index (Phi) is 3.66. The van der Waals surface area contributed by atoms with Crippen LogP contribution in [-0.4, -0.2) is 18.1 Å². The van der Waals surface area contributed by atoms with Crippen LogP contribution in [0.1, 0.15) is 17.2 Å². The molecule has 0 aliphatic carbocycles. The first-order chi connectivity index (χ1) is 10.6. The van der Waals surface area contributed by atoms with E-state index in [1.807, 2.05) is 0 Å². The average Bonchev–Trinajstić information content (AvgIpc) is 2.53. The smallest absolute Gasteiger partial charge is 0.257 e. The highest BCUT2D eigenvalue weighted by atomic mass is 19.1. The molecular formula is C16H14FNO4. The van der Waals surface area contributed by atoms with Gasteiger partial charge in [-0.2, -0.15) is 0 Å². The van der Waals surface area contributed by atoms with Gasteiger partial charge in [-0.3, -0.25) is 10.1 Å². The summed E-state index contributed by atoms with van der Waals surface area (Å²) in [5.41, 5.74) is 1.34. The van der Waals surface area contributed by atoms with Crippen molar-refractivity contribution >= 4 is 0 Å². The highest BCUT2D eigenvalue weighted by Gasteiger charge is 2.39. The standard InChI is InChI=1S/C16H14FNO4/c1-21-13-7-4-11-8-14(18(19)20)16(22-15(11)9-13)10-2-5-12(17)6-3-10/h2-7,9,14,16H,8H2,1H3. The zero-order valence-electron chi connectivity index (χ0n) is 11.9. The number of nitrogens with zero attached hydrogens (tertiary/aromatic N) is 1. The summed E-state index contributed by atoms with van der Waals surface area (Å²) >= 11 is 0. The van der Waals surface area contributed by atoms with Gasteiger partial charge in [-0.1, -0.05) is 18.2 Å². The Hall–Kier alpha value is -2.63. The molecule has 2 aromatic rings. The van der Waals surface area contributed by atoms with E-state index in [4.69, 9.17) is 9.47 Å². The molecule has 22 heavy (non-hydrogen) atoms. The van der Waals surface area contributed by atoms with Crippen molar-refractivity contribution in [3.63, 3.8) is 0 Å². The molecule has 0 radical (unpaired) electrons. The molecule has 1 heterocycles. The number of fused-ring (bicyclic) bond motifs is 1. The van der Waals surface area contributed by atoms with Crippen LogP contribution in [0.2, 0.25) is 0 Å². The molecule has 0 spiro atoms. The number of hydrogen-bond acceptors (Lipinski definition) is 4. The highest BCUT2D eigenvalue weighted by Crippen LogP contribution is 2.38. The van der Waals surface area contributed by atoms with Crippen LogP contribution in [0.5, 0.6) is 11.5 Å². The predicted molar refractivity (Wildman–Crippen MR) is 77.2 cm³/mol. The molecule has 0 bridgehead atoms. The number of hydrogen-bond donors (Lipinski definition) is 0. The first kappa shape index (κ1) is 14.3. The summed E-state index contributed by atoms with van der Waals surface area (Å²) in [4.78, 5) is 11.0. The Balaban J connectivity index is 2.00. The Morgan fingerprint density at radius 3 is 2.64 bits per heavy atom. The molecule has 1 aliphatic rings. The Morgan fingerprint density at radius 1 is 1.27 bits per heavy atom. The second-order valence-corrected chi connectivity index (χ2v) is 5.12. The van der Waals surface area contributed by atoms with Crippen molar-refractivity contribution in [1.29, 1.82) is 0 Å². The van der Waals surface area contributed by atoms with Crippen LogP contribution in [0.15, 0.2) is 42.5 Å². The van der Waals surface area contributed by atoms with Crippen LogP contribution in [0.3, 0.4) is 0 Å². The van der Waals surface area contributed by atoms with Crippen molar-refractivity contribution in [2.75, 3.05) is 7.11 Å². The van der Waals surface area contributed by atoms with Crippen LogP contribution in [0.25, 0.3) is 0 Å². The normalized spacial score (nSPS) is 19.9. The first-order valence-corrected chi connectivity index (χ1v) is 6.81. The van der Waals surface area contributed by atoms with Crippen LogP contribution >= 0.6 is 0 Å². The van der Waals surface area contributed by atoms with E-state index in [0.717, 1.165) is 5.56 Å². The third-order valence-corrected chi connectivity index (χ3v) is 3.78. The van der Waals surface area contributed by atoms with E-state index in [2.05, 4.69) is 0 Å². The van der Waals surface area contributed by atoms with Crippen molar-refractivity contribution in [3.8, 4) is 11.5 Å². The van der Waals surface area contributed by atoms with E-state index in [1.54, 1.807) is 25.3 Å². The van der Waals surface area contributed by atoms with Gasteiger partial charge < -0.3 is 9.47 Å². The van der Waals surface area contributed by atoms with Gasteiger partial charge in [-0.15, -0.1) is 0 Å². The summed E-state index contributed by atoms with van der Waals surface area (Å²) in [5, 5.41) is 11.4. The molecule has 2 unspecified atom stereocenters. The molecule has 0 N–H and O–H groups in total. The third-order valence-electron chi connectivity index (χ3n) is 3.78. The molecule has 0 aromatic heterocycles. The average molecular weight is 303 g/mol. The van der Waals surface area contributed by atoms with E-state index >= 15 is 0 Å². The van der Waals surface area contributed by atoms with Crippen LogP contribution in [0, 0.1) is 15.9 Å². The van der Waals surface area contributed by atoms with Crippen molar-refractivity contribution < 1.29 is 18.8 Å². The maximum Gasteiger partial charge on any atom is 0.257 e. The molecule has 5 nitrogen and oxygen atoms in total. The number of nitro groups is 1. The van der Waals surface area contributed by atoms with E-state index < -0.39 is 12.1 Å². The zero-order valence-corrected chi connectivity index (χ0v) is 11.9. The highest BCUT2D eigenvalue weighted by molar-refractivity contribution is 5.43. The zero-order chi connectivity index (χ0) is 15.7. The quantitative estimate of drug-likeness (QED) is 0.645. The summed E-state index contributed by atoms with van der Waals surface area (Å²) < 4.78 is 24.0. The van der Waals surface area contributed by atoms with Gasteiger partial charge in [-0.05, 0) is 23.8 Å². The molecule has 6 heteroatoms. The topological polar surface area (TPSA) is 61.6 Å². The van der Waals surface area contributed by atoms with Gasteiger partial charge in [0.1, 0.15) is 17.3 Å². The molecule has 3 rings (SSSR count). The fraction of sp³-hybridized carbons (Fsp3) is 0.250. The fourth-order valence-corrected chi connectivity index (χ4v) is 2.62. The molecule has 0 saturated heterocycles. The molecule has 2 aromatic carbocycles. The number of methoxy groups -OCH3 is 1. The number of halogens is 1. The van der Waals surface area contributed by atoms with Gasteiger partial charge in [0, 0.05) is 23.0 Å². The third kappa shape index (κ3) is 2.59. The van der Waals surface area contributed by atoms with Crippen molar-refractivity contribution in [2.24, 2.45) is 0 Å². The van der Waals surface area contributed by atoms with Gasteiger partial charge in [0.2, 0.25) is 0 Å². The van der Waals surface area contributed by atoms with E-state index in [9.17, 15) is 14.5 Å². The summed E-state index contributed by atoms with van der Waals surface area (Å²) in [5.74, 6) is 0.794. The van der Waals surface area contributed by atoms with Gasteiger partial charge in [0.15, 0.2) is 6.10 Å². The van der Waals surface area contributed by atoms with E-state index in [-0.39, 0.29) is 17.2 Å². The molecule has 1 aliphatic heterocycles. The first-order valence-electron chi connectivity index (χ1n) is 6.81. The monoisotopic (exact) mass is 303 g/mol. The van der Waals surface area contributed by atoms with Gasteiger partial charge in [0.05, 0.1) is 7.11 Å². The van der Waals surface area contributed by atoms with Gasteiger partial charge >= 0.3 is 0 Å². The largest absolute Gasteiger partial charge is 0.497 e. The molecule has 0 amide bonds. The van der Waals surface area contributed by atoms with Gasteiger partial charge in [-0.25, -0.2) is 4.39 Å². The lowest BCUT2D eigenvalue weighted by Gasteiger charge is -2.29. The van der Waals surface area contributed by atoms with Crippen molar-refractivity contribution in [2.45, 2.75) is 18.6 Å². The second-order valence-electron chi connectivity index (χ2n) is 5.12. The van der Waals surface area contributed by atoms with Crippen molar-refractivity contribution in [1.82, 2.24) is 0 Å². The van der Waals surface area contributed by atoms with Crippen LogP contribution in [0.4, 0.5) is 4.39 Å². The fourth-order valence-electron chi connectivity index (χ4n) is 2.62. The van der Waals surface area contributed by atoms with Crippen LogP contribution < -0.4 is 9.47 Å². The van der Waals surface area contributed by atoms with Gasteiger partial charge in [0.25, 0.3) is 6.04 Å². The molecule has 0 saturated carbocycles. The maximum atomic E-state index is 13.1. The SMILES string of the molecule is COc1ccc2c(c1)OC(c1ccc(F)cc1)C([N+](=O)[O-])C2. The maximum absolute atomic E-state index is 13.1. The minimum Gasteiger partial charge on any atom is -0.497 e. The summed E-state index contributed by atoms with van der Waals surface area (Å²) in [6.07, 6.45) is -0.496.